The molecule has 1 aliphatic rings. The van der Waals surface area contributed by atoms with Crippen LogP contribution in [0.4, 0.5) is 0 Å². The molecule has 1 aromatic heterocycles. The second-order valence-electron chi connectivity index (χ2n) is 7.92. The highest BCUT2D eigenvalue weighted by Gasteiger charge is 2.42. The molecule has 0 radical (unpaired) electrons. The van der Waals surface area contributed by atoms with Crippen molar-refractivity contribution in [2.24, 2.45) is 10.4 Å². The molecule has 1 unspecified atom stereocenters. The second kappa shape index (κ2) is 8.78. The van der Waals surface area contributed by atoms with Crippen molar-refractivity contribution in [3.8, 4) is 0 Å². The van der Waals surface area contributed by atoms with Gasteiger partial charge in [0.2, 0.25) is 5.91 Å². The molecular formula is C20H34N4O3. The lowest BCUT2D eigenvalue weighted by Crippen LogP contribution is -2.49. The first kappa shape index (κ1) is 21.3. The second-order valence-corrected chi connectivity index (χ2v) is 7.92. The molecule has 1 fully saturated rings. The molecule has 7 heteroatoms. The number of aryl methyl sites for hydroxylation is 1. The molecule has 1 aromatic rings. The van der Waals surface area contributed by atoms with Gasteiger partial charge in [-0.2, -0.15) is 0 Å². The molecule has 2 rings (SSSR count). The lowest BCUT2D eigenvalue weighted by Gasteiger charge is -2.31. The van der Waals surface area contributed by atoms with Crippen molar-refractivity contribution in [2.75, 3.05) is 33.7 Å². The summed E-state index contributed by atoms with van der Waals surface area (Å²) in [4.78, 5) is 18.9. The Balaban J connectivity index is 2.07. The van der Waals surface area contributed by atoms with Crippen molar-refractivity contribution in [3.63, 3.8) is 0 Å². The van der Waals surface area contributed by atoms with E-state index in [-0.39, 0.29) is 17.9 Å². The molecular weight excluding hydrogens is 344 g/mol. The summed E-state index contributed by atoms with van der Waals surface area (Å²) < 4.78 is 5.55. The summed E-state index contributed by atoms with van der Waals surface area (Å²) in [5.74, 6) is 2.01. The van der Waals surface area contributed by atoms with Gasteiger partial charge in [0.25, 0.3) is 0 Å². The fraction of sp³-hybridized carbons (Fsp3) is 0.700. The molecule has 0 aliphatic heterocycles. The molecule has 1 aliphatic carbocycles. The third-order valence-electron chi connectivity index (χ3n) is 5.18. The molecule has 0 aromatic carbocycles. The van der Waals surface area contributed by atoms with Gasteiger partial charge in [0.05, 0.1) is 12.0 Å². The summed E-state index contributed by atoms with van der Waals surface area (Å²) in [6.45, 7) is 6.91. The zero-order valence-corrected chi connectivity index (χ0v) is 17.3. The fourth-order valence-electron chi connectivity index (χ4n) is 3.62. The van der Waals surface area contributed by atoms with Crippen molar-refractivity contribution >= 4 is 11.9 Å². The number of nitrogens with one attached hydrogen (secondary N) is 2. The number of hydrogen-bond donors (Lipinski definition) is 3. The highest BCUT2D eigenvalue weighted by molar-refractivity contribution is 5.85. The zero-order valence-electron chi connectivity index (χ0n) is 17.3. The van der Waals surface area contributed by atoms with Crippen LogP contribution in [0.3, 0.4) is 0 Å². The Morgan fingerprint density at radius 1 is 1.33 bits per heavy atom. The highest BCUT2D eigenvalue weighted by Crippen LogP contribution is 2.38. The van der Waals surface area contributed by atoms with Gasteiger partial charge in [0, 0.05) is 27.2 Å². The largest absolute Gasteiger partial charge is 0.463 e. The van der Waals surface area contributed by atoms with Crippen LogP contribution in [0, 0.1) is 12.3 Å². The minimum Gasteiger partial charge on any atom is -0.463 e. The number of aliphatic hydroxyl groups is 1. The molecule has 1 heterocycles. The van der Waals surface area contributed by atoms with Crippen LogP contribution in [0.25, 0.3) is 0 Å². The van der Waals surface area contributed by atoms with E-state index in [9.17, 15) is 9.90 Å². The number of carbonyl (C=O) groups excluding carboxylic acids is 1. The van der Waals surface area contributed by atoms with Crippen LogP contribution in [-0.2, 0) is 10.4 Å². The van der Waals surface area contributed by atoms with Crippen LogP contribution < -0.4 is 10.6 Å². The molecule has 1 amide bonds. The maximum absolute atomic E-state index is 12.7. The van der Waals surface area contributed by atoms with Gasteiger partial charge in [-0.25, -0.2) is 4.99 Å². The average molecular weight is 379 g/mol. The molecule has 0 bridgehead atoms. The first-order chi connectivity index (χ1) is 12.7. The zero-order chi connectivity index (χ0) is 20.1. The maximum atomic E-state index is 12.7. The predicted molar refractivity (Wildman–Crippen MR) is 107 cm³/mol. The van der Waals surface area contributed by atoms with Crippen LogP contribution in [0.5, 0.6) is 0 Å². The van der Waals surface area contributed by atoms with E-state index in [0.717, 1.165) is 31.4 Å². The first-order valence-electron chi connectivity index (χ1n) is 9.73. The highest BCUT2D eigenvalue weighted by atomic mass is 16.4. The van der Waals surface area contributed by atoms with E-state index in [1.807, 2.05) is 34.0 Å². The number of guanidine groups is 1. The summed E-state index contributed by atoms with van der Waals surface area (Å²) in [6, 6.07) is 3.60. The van der Waals surface area contributed by atoms with Crippen LogP contribution in [-0.4, -0.2) is 55.6 Å². The van der Waals surface area contributed by atoms with E-state index in [2.05, 4.69) is 15.6 Å². The summed E-state index contributed by atoms with van der Waals surface area (Å²) >= 11 is 0. The van der Waals surface area contributed by atoms with Crippen molar-refractivity contribution in [1.82, 2.24) is 15.5 Å². The van der Waals surface area contributed by atoms with Crippen molar-refractivity contribution in [3.05, 3.63) is 23.7 Å². The molecule has 152 valence electrons. The van der Waals surface area contributed by atoms with E-state index >= 15 is 0 Å². The Bertz CT molecular complexity index is 658. The van der Waals surface area contributed by atoms with Crippen LogP contribution in [0.2, 0.25) is 0 Å². The SMILES string of the molecule is CCNC(=NCC(C)(O)c1ccc(C)o1)NCC1(C(=O)N(C)C)CCCC1. The number of hydrogen-bond acceptors (Lipinski definition) is 4. The summed E-state index contributed by atoms with van der Waals surface area (Å²) in [5, 5.41) is 17.2. The predicted octanol–water partition coefficient (Wildman–Crippen LogP) is 2.00. The molecule has 0 saturated heterocycles. The number of furan rings is 1. The third-order valence-corrected chi connectivity index (χ3v) is 5.18. The topological polar surface area (TPSA) is 90.1 Å². The van der Waals surface area contributed by atoms with Crippen molar-refractivity contribution in [2.45, 2.75) is 52.1 Å². The minimum absolute atomic E-state index is 0.157. The fourth-order valence-corrected chi connectivity index (χ4v) is 3.62. The Morgan fingerprint density at radius 2 is 2.00 bits per heavy atom. The average Bonchev–Trinajstić information content (AvgIpc) is 3.27. The van der Waals surface area contributed by atoms with Gasteiger partial charge in [-0.3, -0.25) is 4.79 Å². The Kier molecular flexibility index (Phi) is 6.92. The van der Waals surface area contributed by atoms with E-state index in [1.165, 1.54) is 0 Å². The van der Waals surface area contributed by atoms with Gasteiger partial charge in [-0.05, 0) is 45.7 Å². The normalized spacial score (nSPS) is 18.8. The third kappa shape index (κ3) is 5.25. The van der Waals surface area contributed by atoms with Crippen LogP contribution >= 0.6 is 0 Å². The minimum atomic E-state index is -1.19. The van der Waals surface area contributed by atoms with Crippen molar-refractivity contribution < 1.29 is 14.3 Å². The van der Waals surface area contributed by atoms with Gasteiger partial charge in [0.15, 0.2) is 5.96 Å². The summed E-state index contributed by atoms with van der Waals surface area (Å²) in [7, 11) is 3.62. The number of amides is 1. The number of rotatable bonds is 7. The van der Waals surface area contributed by atoms with Gasteiger partial charge in [-0.1, -0.05) is 12.8 Å². The molecule has 27 heavy (non-hydrogen) atoms. The van der Waals surface area contributed by atoms with E-state index in [1.54, 1.807) is 17.9 Å². The molecule has 7 nitrogen and oxygen atoms in total. The maximum Gasteiger partial charge on any atom is 0.230 e. The Labute approximate surface area is 162 Å². The number of carbonyl (C=O) groups is 1. The van der Waals surface area contributed by atoms with E-state index in [0.29, 0.717) is 24.8 Å². The smallest absolute Gasteiger partial charge is 0.230 e. The van der Waals surface area contributed by atoms with Gasteiger partial charge >= 0.3 is 0 Å². The summed E-state index contributed by atoms with van der Waals surface area (Å²) in [5.41, 5.74) is -1.57. The van der Waals surface area contributed by atoms with Gasteiger partial charge in [-0.15, -0.1) is 0 Å². The van der Waals surface area contributed by atoms with Crippen molar-refractivity contribution in [1.29, 1.82) is 0 Å². The molecule has 1 saturated carbocycles. The van der Waals surface area contributed by atoms with Crippen LogP contribution in [0.1, 0.15) is 51.1 Å². The van der Waals surface area contributed by atoms with Gasteiger partial charge in [0.1, 0.15) is 17.1 Å². The lowest BCUT2D eigenvalue weighted by atomic mass is 9.84. The molecule has 1 atom stereocenters. The standard InChI is InChI=1S/C20H34N4O3/c1-6-21-18(22-13-19(3,26)16-10-9-15(2)27-16)23-14-20(11-7-8-12-20)17(25)24(4)5/h9-10,26H,6-8,11-14H2,1-5H3,(H2,21,22,23). The quantitative estimate of drug-likeness (QED) is 0.499. The Hall–Kier alpha value is -2.02. The van der Waals surface area contributed by atoms with E-state index in [4.69, 9.17) is 4.42 Å². The summed E-state index contributed by atoms with van der Waals surface area (Å²) in [6.07, 6.45) is 3.92. The number of aliphatic imine (C=N–C) groups is 1. The van der Waals surface area contributed by atoms with Crippen LogP contribution in [0.15, 0.2) is 21.5 Å². The van der Waals surface area contributed by atoms with E-state index < -0.39 is 5.60 Å². The lowest BCUT2D eigenvalue weighted by molar-refractivity contribution is -0.138. The molecule has 0 spiro atoms. The number of nitrogens with zero attached hydrogens (tertiary/aromatic N) is 2. The Morgan fingerprint density at radius 3 is 2.52 bits per heavy atom. The monoisotopic (exact) mass is 378 g/mol. The van der Waals surface area contributed by atoms with Gasteiger partial charge < -0.3 is 25.1 Å². The first-order valence-corrected chi connectivity index (χ1v) is 9.73. The molecule has 3 N–H and O–H groups in total.